The summed E-state index contributed by atoms with van der Waals surface area (Å²) in [6.07, 6.45) is 0.411. The lowest BCUT2D eigenvalue weighted by Crippen LogP contribution is -2.60. The van der Waals surface area contributed by atoms with E-state index in [2.05, 4.69) is 24.3 Å². The summed E-state index contributed by atoms with van der Waals surface area (Å²) in [5.41, 5.74) is 2.36. The third-order valence-electron chi connectivity index (χ3n) is 5.31. The fraction of sp³-hybridized carbons (Fsp3) is 0.550. The molecule has 1 aromatic rings. The molecule has 142 valence electrons. The van der Waals surface area contributed by atoms with Crippen molar-refractivity contribution in [2.45, 2.75) is 46.6 Å². The Morgan fingerprint density at radius 1 is 1.27 bits per heavy atom. The number of carboxylic acid groups (broad SMARTS) is 1. The number of imide groups is 1. The number of nitrogens with zero attached hydrogens (tertiary/aromatic N) is 1. The van der Waals surface area contributed by atoms with Crippen LogP contribution >= 0.6 is 11.8 Å². The fourth-order valence-electron chi connectivity index (χ4n) is 3.90. The first kappa shape index (κ1) is 20.6. The van der Waals surface area contributed by atoms with E-state index in [-0.39, 0.29) is 23.0 Å². The van der Waals surface area contributed by atoms with Crippen molar-refractivity contribution in [3.63, 3.8) is 0 Å². The molecule has 1 N–H and O–H groups in total. The summed E-state index contributed by atoms with van der Waals surface area (Å²) >= 11 is 1.08. The molecule has 26 heavy (non-hydrogen) atoms. The van der Waals surface area contributed by atoms with Crippen LogP contribution in [0.25, 0.3) is 0 Å². The molecule has 0 radical (unpaired) electrons. The van der Waals surface area contributed by atoms with Crippen molar-refractivity contribution in [3.8, 4) is 0 Å². The first-order valence-corrected chi connectivity index (χ1v) is 10.00. The molecular weight excluding hydrogens is 350 g/mol. The van der Waals surface area contributed by atoms with Gasteiger partial charge in [-0.25, -0.2) is 4.79 Å². The highest BCUT2D eigenvalue weighted by molar-refractivity contribution is 8.13. The minimum absolute atomic E-state index is 0.0572. The van der Waals surface area contributed by atoms with Crippen LogP contribution in [0.5, 0.6) is 0 Å². The molecule has 1 aliphatic heterocycles. The highest BCUT2D eigenvalue weighted by Gasteiger charge is 2.57. The maximum Gasteiger partial charge on any atom is 0.521 e. The Morgan fingerprint density at radius 2 is 1.88 bits per heavy atom. The van der Waals surface area contributed by atoms with E-state index in [1.54, 1.807) is 6.92 Å². The second-order valence-corrected chi connectivity index (χ2v) is 8.71. The first-order chi connectivity index (χ1) is 12.2. The van der Waals surface area contributed by atoms with Crippen LogP contribution in [-0.2, 0) is 16.0 Å². The van der Waals surface area contributed by atoms with Crippen LogP contribution in [0.2, 0.25) is 0 Å². The number of aryl methyl sites for hydroxylation is 1. The van der Waals surface area contributed by atoms with E-state index < -0.39 is 16.5 Å². The SMILES string of the molecule is CC(=O)SCC(C)C(=O)[N@+]1(C(=O)O)C[C@@H](Cc2ccc(C)cc2)CC1C. The Hall–Kier alpha value is -1.66. The van der Waals surface area contributed by atoms with Crippen molar-refractivity contribution < 1.29 is 24.0 Å². The topological polar surface area (TPSA) is 71.4 Å². The van der Waals surface area contributed by atoms with Crippen LogP contribution in [0, 0.1) is 18.8 Å². The molecule has 2 unspecified atom stereocenters. The molecule has 2 amide bonds. The van der Waals surface area contributed by atoms with Crippen LogP contribution in [0.3, 0.4) is 0 Å². The van der Waals surface area contributed by atoms with Crippen LogP contribution in [0.4, 0.5) is 4.79 Å². The Kier molecular flexibility index (Phi) is 6.64. The average Bonchev–Trinajstić information content (AvgIpc) is 2.91. The molecule has 1 aromatic carbocycles. The van der Waals surface area contributed by atoms with Gasteiger partial charge in [0.25, 0.3) is 0 Å². The van der Waals surface area contributed by atoms with Gasteiger partial charge in [0.15, 0.2) is 5.12 Å². The third kappa shape index (κ3) is 4.35. The van der Waals surface area contributed by atoms with Gasteiger partial charge in [0.2, 0.25) is 0 Å². The Morgan fingerprint density at radius 3 is 2.42 bits per heavy atom. The van der Waals surface area contributed by atoms with Gasteiger partial charge in [0.1, 0.15) is 6.04 Å². The number of hydrogen-bond donors (Lipinski definition) is 1. The number of benzene rings is 1. The number of quaternary nitrogens is 1. The lowest BCUT2D eigenvalue weighted by Gasteiger charge is -2.32. The third-order valence-corrected chi connectivity index (χ3v) is 6.38. The van der Waals surface area contributed by atoms with Crippen molar-refractivity contribution in [3.05, 3.63) is 35.4 Å². The molecular formula is C20H28NO4S+. The smallest absolute Gasteiger partial charge is 0.435 e. The molecule has 1 saturated heterocycles. The summed E-state index contributed by atoms with van der Waals surface area (Å²) in [4.78, 5) is 36.4. The minimum atomic E-state index is -1.08. The predicted molar refractivity (Wildman–Crippen MR) is 103 cm³/mol. The number of rotatable bonds is 5. The van der Waals surface area contributed by atoms with Crippen LogP contribution in [-0.4, -0.2) is 45.0 Å². The number of carbonyl (C=O) groups is 3. The molecule has 0 spiro atoms. The average molecular weight is 379 g/mol. The summed E-state index contributed by atoms with van der Waals surface area (Å²) < 4.78 is -0.518. The van der Waals surface area contributed by atoms with E-state index in [4.69, 9.17) is 0 Å². The molecule has 0 saturated carbocycles. The fourth-order valence-corrected chi connectivity index (χ4v) is 4.53. The van der Waals surface area contributed by atoms with Crippen molar-refractivity contribution in [1.82, 2.24) is 0 Å². The van der Waals surface area contributed by atoms with Gasteiger partial charge in [-0.2, -0.15) is 9.28 Å². The summed E-state index contributed by atoms with van der Waals surface area (Å²) in [6.45, 7) is 7.39. The van der Waals surface area contributed by atoms with Crippen LogP contribution in [0.15, 0.2) is 24.3 Å². The van der Waals surface area contributed by atoms with Gasteiger partial charge >= 0.3 is 12.0 Å². The summed E-state index contributed by atoms with van der Waals surface area (Å²) in [7, 11) is 0. The van der Waals surface area contributed by atoms with E-state index in [1.807, 2.05) is 13.8 Å². The first-order valence-electron chi connectivity index (χ1n) is 9.01. The molecule has 5 nitrogen and oxygen atoms in total. The molecule has 1 fully saturated rings. The predicted octanol–water partition coefficient (Wildman–Crippen LogP) is 3.88. The largest absolute Gasteiger partial charge is 0.521 e. The zero-order valence-corrected chi connectivity index (χ0v) is 16.7. The van der Waals surface area contributed by atoms with E-state index in [0.29, 0.717) is 18.7 Å². The summed E-state index contributed by atoms with van der Waals surface area (Å²) in [5.74, 6) is -0.275. The maximum atomic E-state index is 13.0. The van der Waals surface area contributed by atoms with Gasteiger partial charge in [-0.1, -0.05) is 41.6 Å². The van der Waals surface area contributed by atoms with Crippen LogP contribution < -0.4 is 0 Å². The van der Waals surface area contributed by atoms with Gasteiger partial charge in [-0.05, 0) is 32.8 Å². The van der Waals surface area contributed by atoms with Crippen molar-refractivity contribution in [2.75, 3.05) is 12.3 Å². The van der Waals surface area contributed by atoms with Gasteiger partial charge < -0.3 is 5.11 Å². The van der Waals surface area contributed by atoms with Gasteiger partial charge in [0.05, 0.1) is 12.5 Å². The molecule has 0 aliphatic carbocycles. The zero-order valence-electron chi connectivity index (χ0n) is 15.9. The molecule has 0 bridgehead atoms. The molecule has 6 heteroatoms. The van der Waals surface area contributed by atoms with Crippen molar-refractivity contribution in [1.29, 1.82) is 0 Å². The standard InChI is InChI=1S/C20H27NO4S/c1-13-5-7-17(8-6-13)10-18-9-15(3)21(11-18,20(24)25)19(23)14(2)12-26-16(4)22/h5-8,14-15,18H,9-12H2,1-4H3/p+1/t14?,15?,18-,21+/m1/s1. The second-order valence-electron chi connectivity index (χ2n) is 7.52. The van der Waals surface area contributed by atoms with Gasteiger partial charge in [-0.15, -0.1) is 0 Å². The number of hydrogen-bond acceptors (Lipinski definition) is 4. The summed E-state index contributed by atoms with van der Waals surface area (Å²) in [5, 5.41) is 9.87. The van der Waals surface area contributed by atoms with Crippen molar-refractivity contribution >= 4 is 28.9 Å². The van der Waals surface area contributed by atoms with E-state index in [0.717, 1.165) is 18.2 Å². The second kappa shape index (κ2) is 8.35. The van der Waals surface area contributed by atoms with Gasteiger partial charge in [-0.3, -0.25) is 4.79 Å². The van der Waals surface area contributed by atoms with Crippen molar-refractivity contribution in [2.24, 2.45) is 11.8 Å². The Balaban J connectivity index is 2.16. The maximum absolute atomic E-state index is 13.0. The normalized spacial score (nSPS) is 26.5. The minimum Gasteiger partial charge on any atom is -0.435 e. The van der Waals surface area contributed by atoms with E-state index in [1.165, 1.54) is 18.1 Å². The zero-order chi connectivity index (χ0) is 19.5. The Labute approximate surface area is 159 Å². The number of likely N-dealkylation sites (tertiary alicyclic amines) is 1. The van der Waals surface area contributed by atoms with E-state index in [9.17, 15) is 19.5 Å². The monoisotopic (exact) mass is 378 g/mol. The number of amides is 2. The Bertz CT molecular complexity index is 688. The number of carbonyl (C=O) groups excluding carboxylic acids is 2. The van der Waals surface area contributed by atoms with Crippen LogP contribution in [0.1, 0.15) is 38.3 Å². The lowest BCUT2D eigenvalue weighted by molar-refractivity contribution is -0.795. The van der Waals surface area contributed by atoms with E-state index >= 15 is 0 Å². The molecule has 1 heterocycles. The summed E-state index contributed by atoms with van der Waals surface area (Å²) in [6, 6.07) is 7.99. The molecule has 0 aromatic heterocycles. The highest BCUT2D eigenvalue weighted by atomic mass is 32.2. The van der Waals surface area contributed by atoms with Gasteiger partial charge in [0, 0.05) is 25.0 Å². The number of thioether (sulfide) groups is 1. The molecule has 1 aliphatic rings. The lowest BCUT2D eigenvalue weighted by atomic mass is 9.96. The molecule has 2 rings (SSSR count). The quantitative estimate of drug-likeness (QED) is 0.787. The highest BCUT2D eigenvalue weighted by Crippen LogP contribution is 2.36. The molecule has 4 atom stereocenters.